The molecule has 0 radical (unpaired) electrons. The number of amides is 1. The second-order valence-corrected chi connectivity index (χ2v) is 8.66. The molecule has 0 spiro atoms. The fourth-order valence-electron chi connectivity index (χ4n) is 4.22. The van der Waals surface area contributed by atoms with E-state index in [-0.39, 0.29) is 42.3 Å². The van der Waals surface area contributed by atoms with Crippen molar-refractivity contribution in [2.75, 3.05) is 20.2 Å². The highest BCUT2D eigenvalue weighted by Gasteiger charge is 2.23. The first-order valence-electron chi connectivity index (χ1n) is 12.1. The van der Waals surface area contributed by atoms with Crippen LogP contribution in [0.25, 0.3) is 10.8 Å². The molecule has 39 heavy (non-hydrogen) atoms. The van der Waals surface area contributed by atoms with E-state index in [1.165, 1.54) is 12.5 Å². The number of rotatable bonds is 12. The Labute approximate surface area is 224 Å². The van der Waals surface area contributed by atoms with Crippen LogP contribution in [0.3, 0.4) is 0 Å². The molecule has 1 amide bonds. The first-order chi connectivity index (χ1) is 18.9. The van der Waals surface area contributed by atoms with Crippen molar-refractivity contribution < 1.29 is 28.4 Å². The highest BCUT2D eigenvalue weighted by Crippen LogP contribution is 2.27. The molecule has 3 aromatic carbocycles. The van der Waals surface area contributed by atoms with E-state index in [4.69, 9.17) is 25.1 Å². The number of hydrogen-bond donors (Lipinski definition) is 4. The van der Waals surface area contributed by atoms with E-state index in [1.807, 2.05) is 42.5 Å². The molecule has 4 rings (SSSR count). The quantitative estimate of drug-likeness (QED) is 0.124. The minimum Gasteiger partial charge on any atom is -0.497 e. The van der Waals surface area contributed by atoms with Gasteiger partial charge in [-0.25, -0.2) is 0 Å². The van der Waals surface area contributed by atoms with Gasteiger partial charge in [0, 0.05) is 22.9 Å². The maximum absolute atomic E-state index is 13.1. The lowest BCUT2D eigenvalue weighted by Crippen LogP contribution is -2.32. The molecule has 1 aromatic heterocycles. The number of nitrogens with two attached hydrogens (primary N) is 1. The molecule has 10 nitrogen and oxygen atoms in total. The van der Waals surface area contributed by atoms with Crippen LogP contribution in [0.15, 0.2) is 83.7 Å². The molecule has 0 aliphatic rings. The van der Waals surface area contributed by atoms with Crippen LogP contribution in [0.1, 0.15) is 39.4 Å². The van der Waals surface area contributed by atoms with Crippen molar-refractivity contribution in [3.8, 4) is 5.75 Å². The van der Waals surface area contributed by atoms with Gasteiger partial charge in [0.25, 0.3) is 5.91 Å². The average molecular weight is 529 g/mol. The summed E-state index contributed by atoms with van der Waals surface area (Å²) in [6.45, 7) is -0.245. The number of furan rings is 1. The van der Waals surface area contributed by atoms with Crippen LogP contribution in [-0.4, -0.2) is 43.7 Å². The molecule has 200 valence electrons. The molecule has 0 aliphatic carbocycles. The van der Waals surface area contributed by atoms with Gasteiger partial charge >= 0.3 is 5.97 Å². The van der Waals surface area contributed by atoms with Gasteiger partial charge in [-0.3, -0.25) is 19.8 Å². The summed E-state index contributed by atoms with van der Waals surface area (Å²) in [7, 11) is 1.57. The third-order valence-electron chi connectivity index (χ3n) is 6.13. The smallest absolute Gasteiger partial charge is 0.326 e. The Bertz CT molecular complexity index is 1480. The Kier molecular flexibility index (Phi) is 8.70. The van der Waals surface area contributed by atoms with E-state index in [0.29, 0.717) is 16.5 Å². The number of nitrogens with one attached hydrogen (secondary N) is 3. The summed E-state index contributed by atoms with van der Waals surface area (Å²) in [5.74, 6) is -1.51. The number of ketones is 1. The van der Waals surface area contributed by atoms with Gasteiger partial charge in [-0.05, 0) is 29.3 Å². The van der Waals surface area contributed by atoms with E-state index < -0.39 is 17.8 Å². The Hall–Kier alpha value is -4.96. The summed E-state index contributed by atoms with van der Waals surface area (Å²) in [5.41, 5.74) is 10.1. The van der Waals surface area contributed by atoms with E-state index in [1.54, 1.807) is 31.4 Å². The number of fused-ring (bicyclic) bond motifs is 1. The lowest BCUT2D eigenvalue weighted by Gasteiger charge is -2.17. The van der Waals surface area contributed by atoms with Crippen molar-refractivity contribution in [1.29, 1.82) is 5.41 Å². The van der Waals surface area contributed by atoms with Gasteiger partial charge in [-0.2, -0.15) is 0 Å². The topological polar surface area (TPSA) is 157 Å². The predicted molar refractivity (Wildman–Crippen MR) is 145 cm³/mol. The zero-order valence-electron chi connectivity index (χ0n) is 21.2. The lowest BCUT2D eigenvalue weighted by molar-refractivity contribution is -0.151. The fraction of sp³-hybridized carbons (Fsp3) is 0.172. The monoisotopic (exact) mass is 528 g/mol. The minimum atomic E-state index is -0.655. The van der Waals surface area contributed by atoms with Gasteiger partial charge in [0.15, 0.2) is 5.78 Å². The van der Waals surface area contributed by atoms with Crippen molar-refractivity contribution in [3.63, 3.8) is 0 Å². The van der Waals surface area contributed by atoms with Crippen molar-refractivity contribution in [2.45, 2.75) is 12.3 Å². The first kappa shape index (κ1) is 27.1. The fourth-order valence-corrected chi connectivity index (χ4v) is 4.22. The molecule has 0 aliphatic heterocycles. The molecule has 1 heterocycles. The number of carbonyl (C=O) groups excluding carboxylic acids is 3. The van der Waals surface area contributed by atoms with Gasteiger partial charge in [0.2, 0.25) is 0 Å². The second kappa shape index (κ2) is 12.5. The van der Waals surface area contributed by atoms with Gasteiger partial charge in [0.1, 0.15) is 11.6 Å². The summed E-state index contributed by atoms with van der Waals surface area (Å²) < 4.78 is 10.4. The van der Waals surface area contributed by atoms with Crippen LogP contribution in [0.4, 0.5) is 0 Å². The molecule has 10 heteroatoms. The van der Waals surface area contributed by atoms with E-state index >= 15 is 0 Å². The number of ether oxygens (including phenoxy) is 1. The molecule has 0 saturated heterocycles. The number of hydrogen-bond acceptors (Lipinski definition) is 8. The largest absolute Gasteiger partial charge is 0.497 e. The SMILES string of the molecule is COc1ccc(C(C(=O)CNOC(=O)CCNC(=O)c2c(C(=N)N)ccc3cocc23)c2ccccc2)cc1. The molecular weight excluding hydrogens is 500 g/mol. The lowest BCUT2D eigenvalue weighted by atomic mass is 9.87. The number of nitrogen functional groups attached to an aromatic ring is 1. The van der Waals surface area contributed by atoms with Crippen LogP contribution in [-0.2, 0) is 14.4 Å². The van der Waals surface area contributed by atoms with Crippen LogP contribution < -0.4 is 21.3 Å². The highest BCUT2D eigenvalue weighted by molar-refractivity contribution is 6.15. The predicted octanol–water partition coefficient (Wildman–Crippen LogP) is 3.29. The van der Waals surface area contributed by atoms with Gasteiger partial charge < -0.3 is 25.0 Å². The average Bonchev–Trinajstić information content (AvgIpc) is 3.42. The third kappa shape index (κ3) is 6.49. The van der Waals surface area contributed by atoms with Crippen LogP contribution in [0.5, 0.6) is 5.75 Å². The summed E-state index contributed by atoms with van der Waals surface area (Å²) in [5, 5.41) is 11.6. The Morgan fingerprint density at radius 3 is 2.38 bits per heavy atom. The highest BCUT2D eigenvalue weighted by atomic mass is 16.7. The maximum atomic E-state index is 13.1. The number of amidine groups is 1. The maximum Gasteiger partial charge on any atom is 0.326 e. The van der Waals surface area contributed by atoms with Crippen molar-refractivity contribution in [3.05, 3.63) is 102 Å². The molecular formula is C29H28N4O6. The third-order valence-corrected chi connectivity index (χ3v) is 6.13. The number of Topliss-reactive ketones (excluding diaryl/α,β-unsaturated/α-hetero) is 1. The molecule has 5 N–H and O–H groups in total. The standard InChI is InChI=1S/C29H28N4O6/c1-37-21-10-7-19(8-11-21)26(18-5-3-2-4-6-18)24(34)15-33-39-25(35)13-14-32-29(36)27-22(28(30)31)12-9-20-16-38-17-23(20)27/h2-12,16-17,26,33H,13-15H2,1H3,(H3,30,31)(H,32,36). The van der Waals surface area contributed by atoms with Gasteiger partial charge in [0.05, 0.1) is 44.1 Å². The molecule has 0 bridgehead atoms. The van der Waals surface area contributed by atoms with Crippen molar-refractivity contribution in [1.82, 2.24) is 10.8 Å². The summed E-state index contributed by atoms with van der Waals surface area (Å²) in [6, 6.07) is 19.8. The molecule has 0 saturated carbocycles. The summed E-state index contributed by atoms with van der Waals surface area (Å²) >= 11 is 0. The van der Waals surface area contributed by atoms with Crippen LogP contribution in [0, 0.1) is 5.41 Å². The van der Waals surface area contributed by atoms with Crippen molar-refractivity contribution >= 4 is 34.3 Å². The van der Waals surface area contributed by atoms with Gasteiger partial charge in [-0.1, -0.05) is 48.5 Å². The Morgan fingerprint density at radius 2 is 1.69 bits per heavy atom. The number of benzene rings is 3. The van der Waals surface area contributed by atoms with E-state index in [2.05, 4.69) is 10.8 Å². The molecule has 1 atom stereocenters. The normalized spacial score (nSPS) is 11.5. The van der Waals surface area contributed by atoms with Gasteiger partial charge in [-0.15, -0.1) is 5.48 Å². The van der Waals surface area contributed by atoms with Crippen molar-refractivity contribution in [2.24, 2.45) is 5.73 Å². The zero-order chi connectivity index (χ0) is 27.8. The molecule has 1 unspecified atom stereocenters. The number of hydroxylamine groups is 1. The minimum absolute atomic E-state index is 0.0304. The van der Waals surface area contributed by atoms with E-state index in [9.17, 15) is 14.4 Å². The Morgan fingerprint density at radius 1 is 0.974 bits per heavy atom. The van der Waals surface area contributed by atoms with Crippen LogP contribution in [0.2, 0.25) is 0 Å². The second-order valence-electron chi connectivity index (χ2n) is 8.66. The Balaban J connectivity index is 1.31. The first-order valence-corrected chi connectivity index (χ1v) is 12.1. The summed E-state index contributed by atoms with van der Waals surface area (Å²) in [4.78, 5) is 43.2. The number of methoxy groups -OCH3 is 1. The van der Waals surface area contributed by atoms with Crippen LogP contribution >= 0.6 is 0 Å². The molecule has 0 fully saturated rings. The number of carbonyl (C=O) groups is 3. The molecule has 4 aromatic rings. The van der Waals surface area contributed by atoms with E-state index in [0.717, 1.165) is 11.1 Å². The summed E-state index contributed by atoms with van der Waals surface area (Å²) in [6.07, 6.45) is 2.74. The zero-order valence-corrected chi connectivity index (χ0v) is 21.2.